The fourth-order valence-electron chi connectivity index (χ4n) is 2.10. The van der Waals surface area contributed by atoms with Crippen molar-refractivity contribution in [1.29, 1.82) is 0 Å². The fourth-order valence-corrected chi connectivity index (χ4v) is 3.01. The minimum Gasteiger partial charge on any atom is -0.370 e. The van der Waals surface area contributed by atoms with Crippen molar-refractivity contribution in [2.75, 3.05) is 24.6 Å². The number of hydrogen-bond acceptors (Lipinski definition) is 5. The van der Waals surface area contributed by atoms with Crippen LogP contribution in [0.4, 0.5) is 4.39 Å². The maximum Gasteiger partial charge on any atom is 0.248 e. The molecule has 1 aromatic heterocycles. The molecule has 116 valence electrons. The number of aliphatic imine (C=N–C) groups is 1. The van der Waals surface area contributed by atoms with Gasteiger partial charge in [-0.05, 0) is 12.1 Å². The molecular formula is C14H16FN5OS. The molecule has 8 heteroatoms. The quantitative estimate of drug-likeness (QED) is 0.685. The topological polar surface area (TPSA) is 80.5 Å². The summed E-state index contributed by atoms with van der Waals surface area (Å²) in [7, 11) is 0. The van der Waals surface area contributed by atoms with Crippen LogP contribution in [-0.4, -0.2) is 45.6 Å². The Bertz CT molecular complexity index is 669. The van der Waals surface area contributed by atoms with E-state index in [1.807, 2.05) is 16.7 Å². The SMILES string of the molecule is NC(=NCc1nc(-c2cccc(F)c2)no1)N1CCSCC1. The number of benzene rings is 1. The summed E-state index contributed by atoms with van der Waals surface area (Å²) in [5, 5.41) is 3.84. The van der Waals surface area contributed by atoms with Gasteiger partial charge in [0.1, 0.15) is 12.4 Å². The number of hydrogen-bond donors (Lipinski definition) is 1. The Morgan fingerprint density at radius 3 is 3.00 bits per heavy atom. The van der Waals surface area contributed by atoms with E-state index in [2.05, 4.69) is 15.1 Å². The van der Waals surface area contributed by atoms with E-state index < -0.39 is 0 Å². The van der Waals surface area contributed by atoms with Crippen LogP contribution in [0.25, 0.3) is 11.4 Å². The second-order valence-electron chi connectivity index (χ2n) is 4.80. The lowest BCUT2D eigenvalue weighted by molar-refractivity contribution is 0.379. The van der Waals surface area contributed by atoms with E-state index in [9.17, 15) is 4.39 Å². The predicted molar refractivity (Wildman–Crippen MR) is 83.9 cm³/mol. The molecule has 2 heterocycles. The molecule has 0 aliphatic carbocycles. The largest absolute Gasteiger partial charge is 0.370 e. The Morgan fingerprint density at radius 2 is 2.23 bits per heavy atom. The van der Waals surface area contributed by atoms with Crippen LogP contribution in [0.3, 0.4) is 0 Å². The van der Waals surface area contributed by atoms with Crippen LogP contribution in [-0.2, 0) is 6.54 Å². The number of rotatable bonds is 3. The highest BCUT2D eigenvalue weighted by Crippen LogP contribution is 2.17. The van der Waals surface area contributed by atoms with Gasteiger partial charge in [-0.1, -0.05) is 17.3 Å². The first kappa shape index (κ1) is 14.8. The van der Waals surface area contributed by atoms with Crippen molar-refractivity contribution in [2.45, 2.75) is 6.54 Å². The molecule has 0 bridgehead atoms. The zero-order valence-corrected chi connectivity index (χ0v) is 12.7. The minimum absolute atomic E-state index is 0.220. The molecule has 6 nitrogen and oxygen atoms in total. The monoisotopic (exact) mass is 321 g/mol. The van der Waals surface area contributed by atoms with Gasteiger partial charge >= 0.3 is 0 Å². The van der Waals surface area contributed by atoms with Gasteiger partial charge in [0.2, 0.25) is 11.7 Å². The van der Waals surface area contributed by atoms with Gasteiger partial charge in [-0.25, -0.2) is 9.38 Å². The lowest BCUT2D eigenvalue weighted by atomic mass is 10.2. The molecule has 3 rings (SSSR count). The summed E-state index contributed by atoms with van der Waals surface area (Å²) < 4.78 is 18.3. The van der Waals surface area contributed by atoms with E-state index in [4.69, 9.17) is 10.3 Å². The molecule has 1 aromatic carbocycles. The van der Waals surface area contributed by atoms with Crippen LogP contribution >= 0.6 is 11.8 Å². The van der Waals surface area contributed by atoms with E-state index >= 15 is 0 Å². The second kappa shape index (κ2) is 6.78. The number of aromatic nitrogens is 2. The van der Waals surface area contributed by atoms with Gasteiger partial charge in [0.25, 0.3) is 0 Å². The molecule has 22 heavy (non-hydrogen) atoms. The first-order chi connectivity index (χ1) is 10.7. The molecule has 0 saturated carbocycles. The number of halogens is 1. The Labute approximate surface area is 131 Å². The maximum atomic E-state index is 13.2. The normalized spacial score (nSPS) is 16.0. The fraction of sp³-hybridized carbons (Fsp3) is 0.357. The summed E-state index contributed by atoms with van der Waals surface area (Å²) in [5.74, 6) is 2.96. The van der Waals surface area contributed by atoms with Crippen LogP contribution in [0.1, 0.15) is 5.89 Å². The van der Waals surface area contributed by atoms with Gasteiger partial charge in [0, 0.05) is 30.2 Å². The van der Waals surface area contributed by atoms with Crippen LogP contribution in [0.15, 0.2) is 33.8 Å². The van der Waals surface area contributed by atoms with Gasteiger partial charge in [0.15, 0.2) is 5.96 Å². The number of nitrogens with zero attached hydrogens (tertiary/aromatic N) is 4. The summed E-state index contributed by atoms with van der Waals surface area (Å²) in [4.78, 5) is 10.5. The van der Waals surface area contributed by atoms with Crippen LogP contribution < -0.4 is 5.73 Å². The minimum atomic E-state index is -0.339. The number of guanidine groups is 1. The Hall–Kier alpha value is -2.09. The van der Waals surface area contributed by atoms with Crippen molar-refractivity contribution in [2.24, 2.45) is 10.7 Å². The molecule has 0 spiro atoms. The van der Waals surface area contributed by atoms with Crippen molar-refractivity contribution in [3.05, 3.63) is 36.0 Å². The van der Waals surface area contributed by atoms with Crippen molar-refractivity contribution >= 4 is 17.7 Å². The van der Waals surface area contributed by atoms with Crippen LogP contribution in [0.2, 0.25) is 0 Å². The number of nitrogens with two attached hydrogens (primary N) is 1. The van der Waals surface area contributed by atoms with Gasteiger partial charge in [-0.2, -0.15) is 16.7 Å². The molecule has 0 radical (unpaired) electrons. The van der Waals surface area contributed by atoms with Crippen molar-refractivity contribution in [3.8, 4) is 11.4 Å². The molecule has 2 aromatic rings. The maximum absolute atomic E-state index is 13.2. The van der Waals surface area contributed by atoms with E-state index in [-0.39, 0.29) is 12.4 Å². The van der Waals surface area contributed by atoms with Gasteiger partial charge in [-0.15, -0.1) is 0 Å². The number of thioether (sulfide) groups is 1. The van der Waals surface area contributed by atoms with E-state index in [1.54, 1.807) is 12.1 Å². The molecule has 2 N–H and O–H groups in total. The van der Waals surface area contributed by atoms with E-state index in [1.165, 1.54) is 12.1 Å². The third kappa shape index (κ3) is 3.56. The van der Waals surface area contributed by atoms with Gasteiger partial charge in [-0.3, -0.25) is 0 Å². The van der Waals surface area contributed by atoms with Crippen molar-refractivity contribution in [1.82, 2.24) is 15.0 Å². The molecule has 1 aliphatic heterocycles. The lowest BCUT2D eigenvalue weighted by Crippen LogP contribution is -2.42. The van der Waals surface area contributed by atoms with Gasteiger partial charge in [0.05, 0.1) is 0 Å². The molecule has 0 unspecified atom stereocenters. The summed E-state index contributed by atoms with van der Waals surface area (Å²) in [6, 6.07) is 6.05. The molecule has 1 fully saturated rings. The smallest absolute Gasteiger partial charge is 0.248 e. The molecular weight excluding hydrogens is 305 g/mol. The average molecular weight is 321 g/mol. The first-order valence-electron chi connectivity index (χ1n) is 6.93. The first-order valence-corrected chi connectivity index (χ1v) is 8.09. The Morgan fingerprint density at radius 1 is 1.41 bits per heavy atom. The highest BCUT2D eigenvalue weighted by atomic mass is 32.2. The molecule has 0 amide bonds. The highest BCUT2D eigenvalue weighted by molar-refractivity contribution is 7.99. The van der Waals surface area contributed by atoms with Crippen molar-refractivity contribution < 1.29 is 8.91 Å². The third-order valence-electron chi connectivity index (χ3n) is 3.26. The summed E-state index contributed by atoms with van der Waals surface area (Å²) in [6.07, 6.45) is 0. The Balaban J connectivity index is 1.66. The molecule has 0 atom stereocenters. The van der Waals surface area contributed by atoms with Crippen LogP contribution in [0.5, 0.6) is 0 Å². The van der Waals surface area contributed by atoms with Gasteiger partial charge < -0.3 is 15.2 Å². The second-order valence-corrected chi connectivity index (χ2v) is 6.02. The predicted octanol–water partition coefficient (Wildman–Crippen LogP) is 1.74. The standard InChI is InChI=1S/C14H16FN5OS/c15-11-3-1-2-10(8-11)13-18-12(21-19-13)9-17-14(16)20-4-6-22-7-5-20/h1-3,8H,4-7,9H2,(H2,16,17). The average Bonchev–Trinajstić information content (AvgIpc) is 3.02. The molecule has 1 aliphatic rings. The summed E-state index contributed by atoms with van der Waals surface area (Å²) in [6.45, 7) is 2.02. The lowest BCUT2D eigenvalue weighted by Gasteiger charge is -2.26. The summed E-state index contributed by atoms with van der Waals surface area (Å²) in [5.41, 5.74) is 6.53. The third-order valence-corrected chi connectivity index (χ3v) is 4.20. The Kier molecular flexibility index (Phi) is 4.57. The van der Waals surface area contributed by atoms with Crippen LogP contribution in [0, 0.1) is 5.82 Å². The summed E-state index contributed by atoms with van der Waals surface area (Å²) >= 11 is 1.91. The zero-order valence-electron chi connectivity index (χ0n) is 11.9. The van der Waals surface area contributed by atoms with Crippen molar-refractivity contribution in [3.63, 3.8) is 0 Å². The zero-order chi connectivity index (χ0) is 15.4. The van der Waals surface area contributed by atoms with E-state index in [0.29, 0.717) is 23.2 Å². The highest BCUT2D eigenvalue weighted by Gasteiger charge is 2.13. The molecule has 1 saturated heterocycles. The van der Waals surface area contributed by atoms with E-state index in [0.717, 1.165) is 24.6 Å².